The van der Waals surface area contributed by atoms with E-state index < -0.39 is 5.97 Å². The van der Waals surface area contributed by atoms with Gasteiger partial charge in [-0.1, -0.05) is 0 Å². The molecule has 0 radical (unpaired) electrons. The zero-order valence-electron chi connectivity index (χ0n) is 15.2. The van der Waals surface area contributed by atoms with Crippen LogP contribution in [0.5, 0.6) is 11.5 Å². The first kappa shape index (κ1) is 19.4. The number of hydrogen-bond acceptors (Lipinski definition) is 6. The predicted octanol–water partition coefficient (Wildman–Crippen LogP) is 2.86. The topological polar surface area (TPSA) is 87.0 Å². The molecule has 0 spiro atoms. The molecule has 7 heteroatoms. The molecule has 1 heterocycles. The molecule has 1 N–H and O–H groups in total. The maximum Gasteiger partial charge on any atom is 0.341 e. The maximum absolute atomic E-state index is 11.9. The average Bonchev–Trinajstić information content (AvgIpc) is 3.04. The van der Waals surface area contributed by atoms with Crippen LogP contribution in [0.2, 0.25) is 0 Å². The van der Waals surface area contributed by atoms with Crippen LogP contribution in [0.1, 0.15) is 34.7 Å². The zero-order chi connectivity index (χ0) is 18.9. The first-order valence-corrected chi connectivity index (χ1v) is 8.24. The smallest absolute Gasteiger partial charge is 0.341 e. The molecule has 7 nitrogen and oxygen atoms in total. The number of carbonyl (C=O) groups is 2. The fourth-order valence-electron chi connectivity index (χ4n) is 2.31. The van der Waals surface area contributed by atoms with Crippen molar-refractivity contribution in [2.75, 3.05) is 20.8 Å². The van der Waals surface area contributed by atoms with Gasteiger partial charge >= 0.3 is 5.97 Å². The van der Waals surface area contributed by atoms with Gasteiger partial charge in [0.05, 0.1) is 27.4 Å². The third-order valence-electron chi connectivity index (χ3n) is 3.71. The van der Waals surface area contributed by atoms with Crippen LogP contribution < -0.4 is 14.8 Å². The van der Waals surface area contributed by atoms with E-state index >= 15 is 0 Å². The summed E-state index contributed by atoms with van der Waals surface area (Å²) in [5.41, 5.74) is 0.365. The molecule has 0 fully saturated rings. The molecule has 0 saturated heterocycles. The van der Waals surface area contributed by atoms with E-state index in [-0.39, 0.29) is 12.5 Å². The van der Waals surface area contributed by atoms with Crippen LogP contribution in [0.25, 0.3) is 0 Å². The molecule has 0 atom stereocenters. The summed E-state index contributed by atoms with van der Waals surface area (Å²) in [6.07, 6.45) is 0.919. The Balaban J connectivity index is 1.68. The Morgan fingerprint density at radius 1 is 1.12 bits per heavy atom. The van der Waals surface area contributed by atoms with E-state index in [2.05, 4.69) is 10.1 Å². The molecular weight excluding hydrogens is 338 g/mol. The fourth-order valence-corrected chi connectivity index (χ4v) is 2.31. The molecule has 0 bridgehead atoms. The van der Waals surface area contributed by atoms with Gasteiger partial charge in [-0.2, -0.15) is 0 Å². The molecule has 26 heavy (non-hydrogen) atoms. The van der Waals surface area contributed by atoms with Gasteiger partial charge in [0.2, 0.25) is 5.91 Å². The third kappa shape index (κ3) is 5.54. The van der Waals surface area contributed by atoms with E-state index in [0.717, 1.165) is 11.5 Å². The summed E-state index contributed by atoms with van der Waals surface area (Å²) in [7, 11) is 2.92. The number of nitrogens with one attached hydrogen (secondary N) is 1. The number of benzene rings is 1. The van der Waals surface area contributed by atoms with Crippen molar-refractivity contribution >= 4 is 11.9 Å². The van der Waals surface area contributed by atoms with Crippen molar-refractivity contribution in [1.82, 2.24) is 5.32 Å². The quantitative estimate of drug-likeness (QED) is 0.546. The largest absolute Gasteiger partial charge is 0.497 e. The SMILES string of the molecule is COC(=O)c1cc(CNC(=O)CCCOc2ccc(OC)cc2)oc1C. The molecular formula is C19H23NO6. The predicted molar refractivity (Wildman–Crippen MR) is 94.4 cm³/mol. The first-order chi connectivity index (χ1) is 12.5. The Kier molecular flexibility index (Phi) is 7.08. The number of amides is 1. The summed E-state index contributed by atoms with van der Waals surface area (Å²) in [6.45, 7) is 2.33. The normalized spacial score (nSPS) is 10.3. The van der Waals surface area contributed by atoms with Gasteiger partial charge in [0.15, 0.2) is 0 Å². The van der Waals surface area contributed by atoms with Crippen LogP contribution in [0, 0.1) is 6.92 Å². The van der Waals surface area contributed by atoms with Gasteiger partial charge in [-0.05, 0) is 43.7 Å². The molecule has 0 aliphatic heterocycles. The van der Waals surface area contributed by atoms with Gasteiger partial charge in [0.1, 0.15) is 28.6 Å². The van der Waals surface area contributed by atoms with Gasteiger partial charge in [-0.3, -0.25) is 4.79 Å². The van der Waals surface area contributed by atoms with Crippen LogP contribution in [0.4, 0.5) is 0 Å². The van der Waals surface area contributed by atoms with Gasteiger partial charge in [0, 0.05) is 6.42 Å². The van der Waals surface area contributed by atoms with Crippen LogP contribution in [-0.2, 0) is 16.1 Å². The number of esters is 1. The third-order valence-corrected chi connectivity index (χ3v) is 3.71. The molecule has 0 unspecified atom stereocenters. The molecule has 0 saturated carbocycles. The van der Waals surface area contributed by atoms with Gasteiger partial charge in [-0.15, -0.1) is 0 Å². The average molecular weight is 361 g/mol. The zero-order valence-corrected chi connectivity index (χ0v) is 15.2. The summed E-state index contributed by atoms with van der Waals surface area (Å²) < 4.78 is 20.8. The molecule has 0 aliphatic rings. The minimum absolute atomic E-state index is 0.114. The highest BCUT2D eigenvalue weighted by Crippen LogP contribution is 2.17. The Labute approximate surface area is 152 Å². The number of rotatable bonds is 9. The lowest BCUT2D eigenvalue weighted by atomic mass is 10.2. The van der Waals surface area contributed by atoms with Crippen LogP contribution in [0.15, 0.2) is 34.7 Å². The lowest BCUT2D eigenvalue weighted by molar-refractivity contribution is -0.121. The van der Waals surface area contributed by atoms with Crippen molar-refractivity contribution in [2.24, 2.45) is 0 Å². The van der Waals surface area contributed by atoms with E-state index in [4.69, 9.17) is 13.9 Å². The second-order valence-corrected chi connectivity index (χ2v) is 5.58. The molecule has 1 aromatic heterocycles. The Hall–Kier alpha value is -2.96. The van der Waals surface area contributed by atoms with E-state index in [1.165, 1.54) is 7.11 Å². The van der Waals surface area contributed by atoms with Crippen LogP contribution >= 0.6 is 0 Å². The summed E-state index contributed by atoms with van der Waals surface area (Å²) in [6, 6.07) is 8.84. The molecule has 140 valence electrons. The summed E-state index contributed by atoms with van der Waals surface area (Å²) in [4.78, 5) is 23.4. The van der Waals surface area contributed by atoms with Gasteiger partial charge in [-0.25, -0.2) is 4.79 Å². The van der Waals surface area contributed by atoms with Crippen molar-refractivity contribution < 1.29 is 28.2 Å². The van der Waals surface area contributed by atoms with Crippen LogP contribution in [0.3, 0.4) is 0 Å². The first-order valence-electron chi connectivity index (χ1n) is 8.24. The standard InChI is InChI=1S/C19H23NO6/c1-13-17(19(22)24-3)11-16(26-13)12-20-18(21)5-4-10-25-15-8-6-14(23-2)7-9-15/h6-9,11H,4-5,10,12H2,1-3H3,(H,20,21). The van der Waals surface area contributed by atoms with Crippen molar-refractivity contribution in [1.29, 1.82) is 0 Å². The Morgan fingerprint density at radius 2 is 1.81 bits per heavy atom. The van der Waals surface area contributed by atoms with Crippen molar-refractivity contribution in [2.45, 2.75) is 26.3 Å². The number of aryl methyl sites for hydroxylation is 1. The monoisotopic (exact) mass is 361 g/mol. The fraction of sp³-hybridized carbons (Fsp3) is 0.368. The molecule has 2 rings (SSSR count). The van der Waals surface area contributed by atoms with Gasteiger partial charge < -0.3 is 23.9 Å². The minimum atomic E-state index is -0.459. The number of methoxy groups -OCH3 is 2. The Bertz CT molecular complexity index is 735. The second kappa shape index (κ2) is 9.50. The van der Waals surface area contributed by atoms with Crippen molar-refractivity contribution in [3.05, 3.63) is 47.4 Å². The summed E-state index contributed by atoms with van der Waals surface area (Å²) in [5, 5.41) is 2.75. The molecule has 2 aromatic rings. The molecule has 1 aromatic carbocycles. The number of hydrogen-bond donors (Lipinski definition) is 1. The minimum Gasteiger partial charge on any atom is -0.497 e. The van der Waals surface area contributed by atoms with Gasteiger partial charge in [0.25, 0.3) is 0 Å². The number of carbonyl (C=O) groups excluding carboxylic acids is 2. The highest BCUT2D eigenvalue weighted by atomic mass is 16.5. The van der Waals surface area contributed by atoms with E-state index in [0.29, 0.717) is 36.5 Å². The van der Waals surface area contributed by atoms with Crippen LogP contribution in [-0.4, -0.2) is 32.7 Å². The number of ether oxygens (including phenoxy) is 3. The maximum atomic E-state index is 11.9. The van der Waals surface area contributed by atoms with Crippen molar-refractivity contribution in [3.8, 4) is 11.5 Å². The van der Waals surface area contributed by atoms with E-state index in [1.54, 1.807) is 20.1 Å². The second-order valence-electron chi connectivity index (χ2n) is 5.58. The van der Waals surface area contributed by atoms with E-state index in [9.17, 15) is 9.59 Å². The van der Waals surface area contributed by atoms with Crippen molar-refractivity contribution in [3.63, 3.8) is 0 Å². The lowest BCUT2D eigenvalue weighted by Gasteiger charge is -2.07. The molecule has 1 amide bonds. The highest BCUT2D eigenvalue weighted by molar-refractivity contribution is 5.90. The van der Waals surface area contributed by atoms with E-state index in [1.807, 2.05) is 24.3 Å². The lowest BCUT2D eigenvalue weighted by Crippen LogP contribution is -2.22. The number of furan rings is 1. The summed E-state index contributed by atoms with van der Waals surface area (Å²) >= 11 is 0. The summed E-state index contributed by atoms with van der Waals surface area (Å²) in [5.74, 6) is 1.89. The Morgan fingerprint density at radius 3 is 2.46 bits per heavy atom. The molecule has 0 aliphatic carbocycles. The highest BCUT2D eigenvalue weighted by Gasteiger charge is 2.15.